The van der Waals surface area contributed by atoms with Crippen LogP contribution in [0.25, 0.3) is 11.0 Å². The van der Waals surface area contributed by atoms with Crippen LogP contribution in [0.5, 0.6) is 0 Å². The second-order valence-corrected chi connectivity index (χ2v) is 6.39. The van der Waals surface area contributed by atoms with Crippen molar-refractivity contribution in [3.63, 3.8) is 0 Å². The van der Waals surface area contributed by atoms with Gasteiger partial charge in [0.15, 0.2) is 5.76 Å². The summed E-state index contributed by atoms with van der Waals surface area (Å²) >= 11 is 6.00. The van der Waals surface area contributed by atoms with Crippen molar-refractivity contribution >= 4 is 28.5 Å². The monoisotopic (exact) mass is 320 g/mol. The molecule has 1 fully saturated rings. The number of hydrogen-bond acceptors (Lipinski definition) is 3. The number of aryl methyl sites for hydroxylation is 1. The van der Waals surface area contributed by atoms with Gasteiger partial charge in [-0.05, 0) is 63.4 Å². The molecule has 1 aliphatic heterocycles. The lowest BCUT2D eigenvalue weighted by atomic mass is 9.96. The van der Waals surface area contributed by atoms with Gasteiger partial charge in [0.25, 0.3) is 5.91 Å². The molecule has 2 N–H and O–H groups in total. The number of piperidine rings is 1. The van der Waals surface area contributed by atoms with Crippen LogP contribution in [0.2, 0.25) is 5.02 Å². The predicted octanol–water partition coefficient (Wildman–Crippen LogP) is 3.51. The Kier molecular flexibility index (Phi) is 4.69. The van der Waals surface area contributed by atoms with Gasteiger partial charge in [0, 0.05) is 22.5 Å². The summed E-state index contributed by atoms with van der Waals surface area (Å²) in [4.78, 5) is 12.3. The van der Waals surface area contributed by atoms with Gasteiger partial charge in [-0.25, -0.2) is 0 Å². The highest BCUT2D eigenvalue weighted by atomic mass is 35.5. The Balaban J connectivity index is 1.63. The molecule has 0 radical (unpaired) electrons. The summed E-state index contributed by atoms with van der Waals surface area (Å²) < 4.78 is 5.68. The van der Waals surface area contributed by atoms with E-state index in [1.54, 1.807) is 12.1 Å². The summed E-state index contributed by atoms with van der Waals surface area (Å²) in [6.45, 7) is 4.74. The van der Waals surface area contributed by atoms with Crippen LogP contribution in [0.15, 0.2) is 22.6 Å². The first-order valence-corrected chi connectivity index (χ1v) is 8.20. The van der Waals surface area contributed by atoms with Crippen LogP contribution in [0.4, 0.5) is 0 Å². The SMILES string of the molecule is Cc1c(C(=O)NCCC2CCCNC2)oc2ccc(Cl)cc12. The molecule has 3 rings (SSSR count). The third kappa shape index (κ3) is 3.28. The largest absolute Gasteiger partial charge is 0.451 e. The van der Waals surface area contributed by atoms with E-state index in [1.165, 1.54) is 12.8 Å². The van der Waals surface area contributed by atoms with Crippen molar-refractivity contribution in [2.24, 2.45) is 5.92 Å². The van der Waals surface area contributed by atoms with Crippen LogP contribution >= 0.6 is 11.6 Å². The van der Waals surface area contributed by atoms with E-state index in [-0.39, 0.29) is 5.91 Å². The van der Waals surface area contributed by atoms with Crippen molar-refractivity contribution in [1.29, 1.82) is 0 Å². The second-order valence-electron chi connectivity index (χ2n) is 5.95. The lowest BCUT2D eigenvalue weighted by molar-refractivity contribution is 0.0924. The number of halogens is 1. The van der Waals surface area contributed by atoms with Crippen LogP contribution < -0.4 is 10.6 Å². The number of hydrogen-bond donors (Lipinski definition) is 2. The van der Waals surface area contributed by atoms with E-state index in [0.717, 1.165) is 30.5 Å². The van der Waals surface area contributed by atoms with Gasteiger partial charge in [0.1, 0.15) is 5.58 Å². The van der Waals surface area contributed by atoms with Gasteiger partial charge in [0.05, 0.1) is 0 Å². The Morgan fingerprint density at radius 3 is 3.14 bits per heavy atom. The van der Waals surface area contributed by atoms with Crippen LogP contribution in [0.1, 0.15) is 35.4 Å². The topological polar surface area (TPSA) is 54.3 Å². The molecule has 1 aliphatic rings. The molecule has 5 heteroatoms. The molecule has 0 bridgehead atoms. The van der Waals surface area contributed by atoms with Gasteiger partial charge in [-0.3, -0.25) is 4.79 Å². The van der Waals surface area contributed by atoms with Crippen LogP contribution in [0.3, 0.4) is 0 Å². The molecule has 1 saturated heterocycles. The molecule has 2 heterocycles. The smallest absolute Gasteiger partial charge is 0.287 e. The number of nitrogens with one attached hydrogen (secondary N) is 2. The lowest BCUT2D eigenvalue weighted by Gasteiger charge is -2.22. The van der Waals surface area contributed by atoms with Crippen LogP contribution in [-0.2, 0) is 0 Å². The third-order valence-corrected chi connectivity index (χ3v) is 4.58. The summed E-state index contributed by atoms with van der Waals surface area (Å²) in [6.07, 6.45) is 3.47. The Morgan fingerprint density at radius 2 is 2.36 bits per heavy atom. The van der Waals surface area contributed by atoms with E-state index in [4.69, 9.17) is 16.0 Å². The van der Waals surface area contributed by atoms with Crippen molar-refractivity contribution < 1.29 is 9.21 Å². The Labute approximate surface area is 135 Å². The van der Waals surface area contributed by atoms with Crippen molar-refractivity contribution in [2.75, 3.05) is 19.6 Å². The van der Waals surface area contributed by atoms with E-state index in [2.05, 4.69) is 10.6 Å². The highest BCUT2D eigenvalue weighted by Gasteiger charge is 2.18. The van der Waals surface area contributed by atoms with Gasteiger partial charge >= 0.3 is 0 Å². The molecule has 0 spiro atoms. The fraction of sp³-hybridized carbons (Fsp3) is 0.471. The molecular formula is C17H21ClN2O2. The van der Waals surface area contributed by atoms with E-state index in [1.807, 2.05) is 13.0 Å². The Hall–Kier alpha value is -1.52. The molecule has 1 aromatic carbocycles. The first kappa shape index (κ1) is 15.4. The Morgan fingerprint density at radius 1 is 1.50 bits per heavy atom. The van der Waals surface area contributed by atoms with Gasteiger partial charge < -0.3 is 15.1 Å². The van der Waals surface area contributed by atoms with E-state index < -0.39 is 0 Å². The summed E-state index contributed by atoms with van der Waals surface area (Å²) in [5.74, 6) is 0.900. The minimum Gasteiger partial charge on any atom is -0.451 e. The minimum atomic E-state index is -0.145. The van der Waals surface area contributed by atoms with E-state index >= 15 is 0 Å². The molecule has 118 valence electrons. The van der Waals surface area contributed by atoms with Crippen molar-refractivity contribution in [3.8, 4) is 0 Å². The number of carbonyl (C=O) groups is 1. The number of amides is 1. The van der Waals surface area contributed by atoms with Gasteiger partial charge in [0.2, 0.25) is 0 Å². The molecular weight excluding hydrogens is 300 g/mol. The predicted molar refractivity (Wildman–Crippen MR) is 88.5 cm³/mol. The average Bonchev–Trinajstić information content (AvgIpc) is 2.85. The number of rotatable bonds is 4. The summed E-state index contributed by atoms with van der Waals surface area (Å²) in [7, 11) is 0. The number of fused-ring (bicyclic) bond motifs is 1. The molecule has 4 nitrogen and oxygen atoms in total. The summed E-state index contributed by atoms with van der Waals surface area (Å²) in [5.41, 5.74) is 1.54. The molecule has 1 unspecified atom stereocenters. The van der Waals surface area contributed by atoms with Crippen molar-refractivity contribution in [2.45, 2.75) is 26.2 Å². The molecule has 1 aromatic heterocycles. The maximum atomic E-state index is 12.3. The molecule has 2 aromatic rings. The normalized spacial score (nSPS) is 18.5. The second kappa shape index (κ2) is 6.71. The molecule has 1 amide bonds. The molecule has 1 atom stereocenters. The zero-order valence-electron chi connectivity index (χ0n) is 12.7. The zero-order chi connectivity index (χ0) is 15.5. The highest BCUT2D eigenvalue weighted by molar-refractivity contribution is 6.31. The van der Waals surface area contributed by atoms with Crippen molar-refractivity contribution in [3.05, 3.63) is 34.5 Å². The summed E-state index contributed by atoms with van der Waals surface area (Å²) in [5, 5.41) is 7.91. The summed E-state index contributed by atoms with van der Waals surface area (Å²) in [6, 6.07) is 5.40. The zero-order valence-corrected chi connectivity index (χ0v) is 13.5. The standard InChI is InChI=1S/C17H21ClN2O2/c1-11-14-9-13(18)4-5-15(14)22-16(11)17(21)20-8-6-12-3-2-7-19-10-12/h4-5,9,12,19H,2-3,6-8,10H2,1H3,(H,20,21). The molecule has 0 saturated carbocycles. The maximum Gasteiger partial charge on any atom is 0.287 e. The number of benzene rings is 1. The van der Waals surface area contributed by atoms with Crippen LogP contribution in [-0.4, -0.2) is 25.5 Å². The van der Waals surface area contributed by atoms with Gasteiger partial charge in [-0.1, -0.05) is 11.6 Å². The fourth-order valence-corrected chi connectivity index (χ4v) is 3.22. The highest BCUT2D eigenvalue weighted by Crippen LogP contribution is 2.27. The first-order chi connectivity index (χ1) is 10.6. The minimum absolute atomic E-state index is 0.145. The average molecular weight is 321 g/mol. The van der Waals surface area contributed by atoms with Crippen LogP contribution in [0, 0.1) is 12.8 Å². The first-order valence-electron chi connectivity index (χ1n) is 7.82. The molecule has 0 aliphatic carbocycles. The lowest BCUT2D eigenvalue weighted by Crippen LogP contribution is -2.33. The maximum absolute atomic E-state index is 12.3. The third-order valence-electron chi connectivity index (χ3n) is 4.34. The van der Waals surface area contributed by atoms with Gasteiger partial charge in [-0.15, -0.1) is 0 Å². The van der Waals surface area contributed by atoms with Crippen molar-refractivity contribution in [1.82, 2.24) is 10.6 Å². The number of furan rings is 1. The van der Waals surface area contributed by atoms with E-state index in [0.29, 0.717) is 28.8 Å². The molecule has 22 heavy (non-hydrogen) atoms. The van der Waals surface area contributed by atoms with E-state index in [9.17, 15) is 4.79 Å². The quantitative estimate of drug-likeness (QED) is 0.906. The number of carbonyl (C=O) groups excluding carboxylic acids is 1. The van der Waals surface area contributed by atoms with Gasteiger partial charge in [-0.2, -0.15) is 0 Å². The Bertz CT molecular complexity index is 675. The fourth-order valence-electron chi connectivity index (χ4n) is 3.05.